The summed E-state index contributed by atoms with van der Waals surface area (Å²) in [4.78, 5) is 10.3. The first-order valence-electron chi connectivity index (χ1n) is 5.85. The van der Waals surface area contributed by atoms with Gasteiger partial charge in [0.1, 0.15) is 17.3 Å². The lowest BCUT2D eigenvalue weighted by Gasteiger charge is -2.10. The number of aryl methyl sites for hydroxylation is 1. The number of nitrogens with one attached hydrogen (secondary N) is 1. The van der Waals surface area contributed by atoms with E-state index in [0.29, 0.717) is 22.6 Å². The Labute approximate surface area is 115 Å². The van der Waals surface area contributed by atoms with E-state index in [1.807, 2.05) is 0 Å². The average molecular weight is 271 g/mol. The van der Waals surface area contributed by atoms with Gasteiger partial charge in [-0.15, -0.1) is 0 Å². The number of rotatable bonds is 4. The molecule has 0 amide bonds. The van der Waals surface area contributed by atoms with Crippen LogP contribution in [0.25, 0.3) is 0 Å². The highest BCUT2D eigenvalue weighted by Crippen LogP contribution is 2.28. The summed E-state index contributed by atoms with van der Waals surface area (Å²) in [7, 11) is 0. The van der Waals surface area contributed by atoms with Crippen molar-refractivity contribution >= 4 is 11.5 Å². The van der Waals surface area contributed by atoms with Gasteiger partial charge in [-0.2, -0.15) is 0 Å². The zero-order valence-corrected chi connectivity index (χ0v) is 10.8. The number of ether oxygens (including phenoxy) is 1. The molecule has 2 rings (SSSR count). The van der Waals surface area contributed by atoms with E-state index in [4.69, 9.17) is 15.9 Å². The Bertz CT molecular complexity index is 683. The smallest absolute Gasteiger partial charge is 0.272 e. The molecule has 0 heterocycles. The highest BCUT2D eigenvalue weighted by Gasteiger charge is 2.12. The van der Waals surface area contributed by atoms with Crippen molar-refractivity contribution in [2.75, 3.05) is 0 Å². The summed E-state index contributed by atoms with van der Waals surface area (Å²) in [6, 6.07) is 11.4. The lowest BCUT2D eigenvalue weighted by molar-refractivity contribution is -0.385. The molecule has 6 nitrogen and oxygen atoms in total. The van der Waals surface area contributed by atoms with Crippen LogP contribution in [0.2, 0.25) is 0 Å². The first-order chi connectivity index (χ1) is 9.49. The van der Waals surface area contributed by atoms with E-state index in [0.717, 1.165) is 0 Å². The first-order valence-corrected chi connectivity index (χ1v) is 5.85. The Morgan fingerprint density at radius 2 is 2.00 bits per heavy atom. The molecule has 2 aromatic rings. The average Bonchev–Trinajstić information content (AvgIpc) is 2.38. The molecule has 0 aromatic heterocycles. The fourth-order valence-electron chi connectivity index (χ4n) is 1.80. The number of amidine groups is 1. The van der Waals surface area contributed by atoms with Gasteiger partial charge in [0, 0.05) is 11.6 Å². The van der Waals surface area contributed by atoms with Gasteiger partial charge >= 0.3 is 0 Å². The number of nitro groups is 1. The van der Waals surface area contributed by atoms with E-state index in [-0.39, 0.29) is 11.5 Å². The van der Waals surface area contributed by atoms with Crippen molar-refractivity contribution in [3.63, 3.8) is 0 Å². The third-order valence-corrected chi connectivity index (χ3v) is 2.77. The zero-order chi connectivity index (χ0) is 14.7. The van der Waals surface area contributed by atoms with E-state index in [9.17, 15) is 10.1 Å². The molecule has 0 unspecified atom stereocenters. The van der Waals surface area contributed by atoms with E-state index in [2.05, 4.69) is 0 Å². The predicted octanol–water partition coefficient (Wildman–Crippen LogP) is 2.98. The second kappa shape index (κ2) is 5.40. The van der Waals surface area contributed by atoms with Crippen LogP contribution in [-0.2, 0) is 0 Å². The molecule has 0 aliphatic carbocycles. The van der Waals surface area contributed by atoms with Gasteiger partial charge in [-0.05, 0) is 31.2 Å². The summed E-state index contributed by atoms with van der Waals surface area (Å²) in [5, 5.41) is 18.2. The van der Waals surface area contributed by atoms with Gasteiger partial charge in [0.05, 0.1) is 10.5 Å². The molecule has 0 spiro atoms. The number of benzene rings is 2. The maximum atomic E-state index is 10.8. The van der Waals surface area contributed by atoms with Crippen LogP contribution in [0.1, 0.15) is 11.1 Å². The maximum absolute atomic E-state index is 10.8. The number of nitrogens with two attached hydrogens (primary N) is 1. The molecule has 0 fully saturated rings. The molecule has 6 heteroatoms. The van der Waals surface area contributed by atoms with Crippen molar-refractivity contribution < 1.29 is 9.66 Å². The normalized spacial score (nSPS) is 10.1. The van der Waals surface area contributed by atoms with E-state index in [1.165, 1.54) is 12.1 Å². The molecule has 0 radical (unpaired) electrons. The fraction of sp³-hybridized carbons (Fsp3) is 0.0714. The monoisotopic (exact) mass is 271 g/mol. The van der Waals surface area contributed by atoms with Gasteiger partial charge in [-0.1, -0.05) is 12.1 Å². The Balaban J connectivity index is 2.34. The Kier molecular flexibility index (Phi) is 3.65. The van der Waals surface area contributed by atoms with E-state index < -0.39 is 4.92 Å². The van der Waals surface area contributed by atoms with Gasteiger partial charge < -0.3 is 10.5 Å². The molecule has 0 aliphatic heterocycles. The van der Waals surface area contributed by atoms with Gasteiger partial charge in [-0.3, -0.25) is 15.5 Å². The molecular weight excluding hydrogens is 258 g/mol. The Morgan fingerprint density at radius 1 is 1.30 bits per heavy atom. The number of nitro benzene ring substituents is 1. The second-order valence-corrected chi connectivity index (χ2v) is 4.22. The van der Waals surface area contributed by atoms with Crippen LogP contribution in [-0.4, -0.2) is 10.8 Å². The van der Waals surface area contributed by atoms with E-state index in [1.54, 1.807) is 37.3 Å². The highest BCUT2D eigenvalue weighted by atomic mass is 16.6. The van der Waals surface area contributed by atoms with Crippen LogP contribution in [0.15, 0.2) is 42.5 Å². The number of nitrogens with zero attached hydrogens (tertiary/aromatic N) is 1. The van der Waals surface area contributed by atoms with Gasteiger partial charge in [0.15, 0.2) is 0 Å². The lowest BCUT2D eigenvalue weighted by Crippen LogP contribution is -2.12. The molecule has 0 saturated carbocycles. The molecule has 102 valence electrons. The summed E-state index contributed by atoms with van der Waals surface area (Å²) >= 11 is 0. The molecule has 0 saturated heterocycles. The quantitative estimate of drug-likeness (QED) is 0.386. The standard InChI is InChI=1S/C14H13N3O3/c1-9-8-10(6-7-12(9)17(18)19)20-13-5-3-2-4-11(13)14(15)16/h2-8H,1H3,(H3,15,16). The summed E-state index contributed by atoms with van der Waals surface area (Å²) < 4.78 is 5.64. The van der Waals surface area contributed by atoms with Crippen molar-refractivity contribution in [3.8, 4) is 11.5 Å². The highest BCUT2D eigenvalue weighted by molar-refractivity contribution is 5.97. The van der Waals surface area contributed by atoms with Crippen molar-refractivity contribution in [3.05, 3.63) is 63.7 Å². The molecule has 0 aliphatic rings. The SMILES string of the molecule is Cc1cc(Oc2ccccc2C(=N)N)ccc1[N+](=O)[O-]. The van der Waals surface area contributed by atoms with Crippen molar-refractivity contribution in [1.82, 2.24) is 0 Å². The summed E-state index contributed by atoms with van der Waals surface area (Å²) in [6.07, 6.45) is 0. The Hall–Kier alpha value is -2.89. The van der Waals surface area contributed by atoms with Crippen molar-refractivity contribution in [1.29, 1.82) is 5.41 Å². The fourth-order valence-corrected chi connectivity index (χ4v) is 1.80. The second-order valence-electron chi connectivity index (χ2n) is 4.22. The van der Waals surface area contributed by atoms with Gasteiger partial charge in [-0.25, -0.2) is 0 Å². The minimum Gasteiger partial charge on any atom is -0.457 e. The molecular formula is C14H13N3O3. The van der Waals surface area contributed by atoms with Crippen molar-refractivity contribution in [2.24, 2.45) is 5.73 Å². The van der Waals surface area contributed by atoms with Crippen LogP contribution in [0.3, 0.4) is 0 Å². The number of hydrogen-bond donors (Lipinski definition) is 2. The molecule has 0 atom stereocenters. The molecule has 20 heavy (non-hydrogen) atoms. The van der Waals surface area contributed by atoms with Crippen LogP contribution in [0.4, 0.5) is 5.69 Å². The zero-order valence-electron chi connectivity index (χ0n) is 10.8. The summed E-state index contributed by atoms with van der Waals surface area (Å²) in [5.74, 6) is 0.800. The molecule has 0 bridgehead atoms. The van der Waals surface area contributed by atoms with Gasteiger partial charge in [0.2, 0.25) is 0 Å². The molecule has 2 aromatic carbocycles. The maximum Gasteiger partial charge on any atom is 0.272 e. The lowest BCUT2D eigenvalue weighted by atomic mass is 10.1. The Morgan fingerprint density at radius 3 is 2.60 bits per heavy atom. The number of para-hydroxylation sites is 1. The topological polar surface area (TPSA) is 102 Å². The third kappa shape index (κ3) is 2.74. The van der Waals surface area contributed by atoms with E-state index >= 15 is 0 Å². The number of hydrogen-bond acceptors (Lipinski definition) is 4. The van der Waals surface area contributed by atoms with Crippen molar-refractivity contribution in [2.45, 2.75) is 6.92 Å². The minimum absolute atomic E-state index is 0.0391. The van der Waals surface area contributed by atoms with Crippen LogP contribution in [0, 0.1) is 22.4 Å². The van der Waals surface area contributed by atoms with Crippen LogP contribution < -0.4 is 10.5 Å². The summed E-state index contributed by atoms with van der Waals surface area (Å²) in [5.41, 5.74) is 6.50. The molecule has 3 N–H and O–H groups in total. The van der Waals surface area contributed by atoms with Gasteiger partial charge in [0.25, 0.3) is 5.69 Å². The third-order valence-electron chi connectivity index (χ3n) is 2.77. The first kappa shape index (κ1) is 13.5. The van der Waals surface area contributed by atoms with Crippen LogP contribution >= 0.6 is 0 Å². The largest absolute Gasteiger partial charge is 0.457 e. The number of nitrogen functional groups attached to an aromatic ring is 1. The summed E-state index contributed by atoms with van der Waals surface area (Å²) in [6.45, 7) is 1.64. The predicted molar refractivity (Wildman–Crippen MR) is 75.4 cm³/mol. The minimum atomic E-state index is -0.442. The van der Waals surface area contributed by atoms with Crippen LogP contribution in [0.5, 0.6) is 11.5 Å².